The van der Waals surface area contributed by atoms with Gasteiger partial charge in [-0.1, -0.05) is 103 Å². The summed E-state index contributed by atoms with van der Waals surface area (Å²) < 4.78 is 166. The zero-order valence-electron chi connectivity index (χ0n) is 49.5. The Morgan fingerprint density at radius 1 is 0.495 bits per heavy atom. The molecule has 0 aliphatic rings. The van der Waals surface area contributed by atoms with Crippen molar-refractivity contribution in [2.75, 3.05) is 18.1 Å². The second-order valence-electron chi connectivity index (χ2n) is 20.3. The molecule has 0 amide bonds. The molecule has 17 nitrogen and oxygen atoms in total. The molecule has 0 aliphatic heterocycles. The van der Waals surface area contributed by atoms with Crippen LogP contribution in [0.25, 0.3) is 50.1 Å². The van der Waals surface area contributed by atoms with Crippen LogP contribution in [0.15, 0.2) is 218 Å². The molecule has 0 saturated heterocycles. The minimum absolute atomic E-state index is 0.0483. The molecule has 0 bridgehead atoms. The van der Waals surface area contributed by atoms with Gasteiger partial charge < -0.3 is 28.1 Å². The molecular formula is C67H48F6I3NO16S4. The van der Waals surface area contributed by atoms with Crippen molar-refractivity contribution in [1.82, 2.24) is 0 Å². The molecule has 30 heteroatoms. The van der Waals surface area contributed by atoms with Crippen LogP contribution in [0.2, 0.25) is 0 Å². The third-order valence-corrected chi connectivity index (χ3v) is 23.3. The third-order valence-electron chi connectivity index (χ3n) is 13.5. The van der Waals surface area contributed by atoms with E-state index in [2.05, 4.69) is 190 Å². The van der Waals surface area contributed by atoms with Gasteiger partial charge in [0, 0.05) is 65.7 Å². The summed E-state index contributed by atoms with van der Waals surface area (Å²) in [5.41, 5.74) is -1.35. The summed E-state index contributed by atoms with van der Waals surface area (Å²) in [7, 11) is -10.5. The van der Waals surface area contributed by atoms with Gasteiger partial charge in [0.25, 0.3) is 0 Å². The number of hydrogen-bond acceptors (Lipinski definition) is 16. The second kappa shape index (κ2) is 33.2. The summed E-state index contributed by atoms with van der Waals surface area (Å²) in [6, 6.07) is 69.6. The van der Waals surface area contributed by atoms with Gasteiger partial charge >= 0.3 is 41.9 Å². The monoisotopic (exact) mass is 1740 g/mol. The molecule has 97 heavy (non-hydrogen) atoms. The number of carbonyl (C=O) groups is 4. The van der Waals surface area contributed by atoms with Crippen LogP contribution in [0.4, 0.5) is 32.0 Å². The lowest BCUT2D eigenvalue weighted by atomic mass is 10.2. The lowest BCUT2D eigenvalue weighted by Crippen LogP contribution is -2.39. The molecule has 9 aromatic carbocycles. The van der Waals surface area contributed by atoms with Crippen LogP contribution in [0.3, 0.4) is 0 Å². The van der Waals surface area contributed by atoms with Crippen LogP contribution in [0.1, 0.15) is 43.9 Å². The number of nitro benzene ring substituents is 1. The lowest BCUT2D eigenvalue weighted by molar-refractivity contribution is -0.385. The Morgan fingerprint density at radius 2 is 0.897 bits per heavy atom. The van der Waals surface area contributed by atoms with Crippen molar-refractivity contribution in [2.45, 2.75) is 37.4 Å². The predicted octanol–water partition coefficient (Wildman–Crippen LogP) is 17.4. The van der Waals surface area contributed by atoms with Crippen molar-refractivity contribution in [3.63, 3.8) is 0 Å². The highest BCUT2D eigenvalue weighted by atomic mass is 127. The van der Waals surface area contributed by atoms with Crippen molar-refractivity contribution in [3.05, 3.63) is 256 Å². The highest BCUT2D eigenvalue weighted by Crippen LogP contribution is 2.49. The number of thiophene rings is 2. The normalized spacial score (nSPS) is 12.2. The number of nitrogens with zero attached hydrogens (tertiary/aromatic N) is 1. The summed E-state index contributed by atoms with van der Waals surface area (Å²) in [6.07, 6.45) is -17.6. The summed E-state index contributed by atoms with van der Waals surface area (Å²) in [6.45, 7) is -0.261. The first-order valence-corrected chi connectivity index (χ1v) is 37.0. The van der Waals surface area contributed by atoms with E-state index in [0.29, 0.717) is 15.2 Å². The van der Waals surface area contributed by atoms with Gasteiger partial charge in [0.2, 0.25) is 18.0 Å². The Labute approximate surface area is 595 Å². The van der Waals surface area contributed by atoms with Crippen LogP contribution in [0.5, 0.6) is 5.75 Å². The third kappa shape index (κ3) is 20.7. The van der Waals surface area contributed by atoms with Crippen LogP contribution in [0, 0.1) is 20.8 Å². The molecule has 11 rings (SSSR count). The summed E-state index contributed by atoms with van der Waals surface area (Å²) in [4.78, 5) is 60.6. The molecule has 0 saturated carbocycles. The van der Waals surface area contributed by atoms with E-state index < -0.39 is 109 Å². The standard InChI is InChI=1S/2C18H13S.C17H12F3NO9S.C14H12F3I3O7S/c2*1-2-8-14(9-3-1)19-17-12-6-4-10-15(17)16-11-5-7-13-18(16)19;18-17(19,20)14(9-31(26,27)28)30-16(23)11-6-7-13(12(8-11)21(24)25)29-15(22)10-4-2-1-3-5-10;15-14(16,17)10(6-28(23,24)25)27-11(21)2-1-3-26-13(22)8-4-7(18)5-9(19)12(8)20/h2*1-13H;1-8,14H,9H2,(H,26,27,28);4-5,10H,1-3,6H2,(H,23,24,25)/q2*+1;;/p-2. The van der Waals surface area contributed by atoms with Crippen LogP contribution >= 0.6 is 88.7 Å². The maximum absolute atomic E-state index is 12.9. The number of ether oxygens (including phenoxy) is 4. The number of hydrogen-bond donors (Lipinski definition) is 0. The highest BCUT2D eigenvalue weighted by Gasteiger charge is 2.45. The SMILES string of the molecule is O=C(CCCOC(=O)c1cc(I)cc(I)c1I)OC(CS(=O)(=O)[O-])C(F)(F)F.O=C(Oc1ccc(C(=O)OC(CS(=O)(=O)[O-])C(F)(F)F)cc1[N+](=O)[O-])c1ccccc1.c1ccc(-[s+]2c3ccccc3c3ccccc32)cc1.c1ccc(-[s+]2c3ccccc3c3ccccc32)cc1. The van der Waals surface area contributed by atoms with Gasteiger partial charge in [-0.3, -0.25) is 14.9 Å². The second-order valence-corrected chi connectivity index (χ2v) is 30.6. The molecule has 11 aromatic rings. The molecule has 0 spiro atoms. The number of fused-ring (bicyclic) bond motifs is 6. The van der Waals surface area contributed by atoms with Crippen LogP contribution in [-0.4, -0.2) is 97.4 Å². The molecule has 2 unspecified atom stereocenters. The van der Waals surface area contributed by atoms with E-state index >= 15 is 0 Å². The fraction of sp³-hybridized carbons (Fsp3) is 0.134. The van der Waals surface area contributed by atoms with Gasteiger partial charge in [0.15, 0.2) is 28.6 Å². The molecule has 2 atom stereocenters. The maximum Gasteiger partial charge on any atom is 0.426 e. The Bertz CT molecular complexity index is 4660. The average Bonchev–Trinajstić information content (AvgIpc) is 1.61. The van der Waals surface area contributed by atoms with E-state index in [4.69, 9.17) is 9.47 Å². The molecule has 504 valence electrons. The molecular weight excluding hydrogens is 1700 g/mol. The lowest BCUT2D eigenvalue weighted by Gasteiger charge is -2.21. The highest BCUT2D eigenvalue weighted by molar-refractivity contribution is 14.1. The number of carbonyl (C=O) groups excluding carboxylic acids is 4. The van der Waals surface area contributed by atoms with Gasteiger partial charge in [-0.05, 0) is 183 Å². The van der Waals surface area contributed by atoms with Crippen molar-refractivity contribution in [1.29, 1.82) is 0 Å². The van der Waals surface area contributed by atoms with Crippen molar-refractivity contribution < 1.29 is 95.3 Å². The van der Waals surface area contributed by atoms with Gasteiger partial charge in [-0.25, -0.2) is 31.2 Å². The number of esters is 4. The van der Waals surface area contributed by atoms with E-state index in [-0.39, 0.29) is 39.5 Å². The van der Waals surface area contributed by atoms with E-state index in [1.165, 1.54) is 74.4 Å². The molecule has 2 aromatic heterocycles. The number of alkyl halides is 6. The van der Waals surface area contributed by atoms with Crippen LogP contribution in [-0.2, 0) is 39.2 Å². The van der Waals surface area contributed by atoms with E-state index in [9.17, 15) is 81.6 Å². The number of benzene rings is 9. The Hall–Kier alpha value is -7.71. The fourth-order valence-electron chi connectivity index (χ4n) is 9.27. The van der Waals surface area contributed by atoms with Gasteiger partial charge in [0.05, 0.1) is 60.0 Å². The molecule has 0 radical (unpaired) electrons. The molecule has 2 heterocycles. The minimum Gasteiger partial charge on any atom is -0.748 e. The predicted molar refractivity (Wildman–Crippen MR) is 379 cm³/mol. The number of nitro groups is 1. The first-order chi connectivity index (χ1) is 45.9. The maximum atomic E-state index is 12.9. The number of rotatable bonds is 17. The molecule has 0 fully saturated rings. The van der Waals surface area contributed by atoms with Gasteiger partial charge in [-0.15, -0.1) is 0 Å². The summed E-state index contributed by atoms with van der Waals surface area (Å²) in [5, 5.41) is 16.8. The van der Waals surface area contributed by atoms with Gasteiger partial charge in [0.1, 0.15) is 0 Å². The summed E-state index contributed by atoms with van der Waals surface area (Å²) in [5.74, 6) is -9.35. The first kappa shape index (κ1) is 75.1. The van der Waals surface area contributed by atoms with E-state index in [1.54, 1.807) is 12.1 Å². The Kier molecular flexibility index (Phi) is 25.7. The van der Waals surface area contributed by atoms with Crippen molar-refractivity contribution >= 4 is 179 Å². The largest absolute Gasteiger partial charge is 0.748 e. The Balaban J connectivity index is 0.000000168. The quantitative estimate of drug-likeness (QED) is 0.00701. The Morgan fingerprint density at radius 3 is 1.31 bits per heavy atom. The van der Waals surface area contributed by atoms with Crippen molar-refractivity contribution in [2.24, 2.45) is 0 Å². The van der Waals surface area contributed by atoms with Crippen molar-refractivity contribution in [3.8, 4) is 15.5 Å². The average molecular weight is 1750 g/mol. The summed E-state index contributed by atoms with van der Waals surface area (Å²) >= 11 is 6.05. The van der Waals surface area contributed by atoms with E-state index in [0.717, 1.165) is 19.3 Å². The zero-order chi connectivity index (χ0) is 70.4. The smallest absolute Gasteiger partial charge is 0.426 e. The number of halogens is 9. The molecule has 0 N–H and O–H groups in total. The first-order valence-electron chi connectivity index (χ1n) is 28.1. The fourth-order valence-corrected chi connectivity index (χ4v) is 17.7. The van der Waals surface area contributed by atoms with E-state index in [1.807, 2.05) is 51.2 Å². The van der Waals surface area contributed by atoms with Crippen LogP contribution < -0.4 is 4.74 Å². The zero-order valence-corrected chi connectivity index (χ0v) is 59.2. The minimum atomic E-state index is -5.42. The van der Waals surface area contributed by atoms with Gasteiger partial charge in [-0.2, -0.15) is 26.3 Å². The molecule has 0 aliphatic carbocycles. The topological polar surface area (TPSA) is 263 Å².